The molecule has 0 aromatic heterocycles. The SMILES string of the molecule is CNC[C@@H]1CCN(S(=O)(=O)c2ccc(OC)cc2)C1. The van der Waals surface area contributed by atoms with Gasteiger partial charge in [-0.3, -0.25) is 0 Å². The van der Waals surface area contributed by atoms with Crippen molar-refractivity contribution in [1.29, 1.82) is 0 Å². The quantitative estimate of drug-likeness (QED) is 0.874. The van der Waals surface area contributed by atoms with Crippen molar-refractivity contribution in [2.75, 3.05) is 33.8 Å². The van der Waals surface area contributed by atoms with Gasteiger partial charge in [0.15, 0.2) is 0 Å². The summed E-state index contributed by atoms with van der Waals surface area (Å²) < 4.78 is 31.5. The molecule has 1 atom stereocenters. The molecule has 1 saturated heterocycles. The van der Waals surface area contributed by atoms with Gasteiger partial charge in [0.05, 0.1) is 12.0 Å². The van der Waals surface area contributed by atoms with Crippen LogP contribution in [0.4, 0.5) is 0 Å². The zero-order valence-corrected chi connectivity index (χ0v) is 12.1. The molecule has 6 heteroatoms. The van der Waals surface area contributed by atoms with Crippen molar-refractivity contribution in [3.63, 3.8) is 0 Å². The minimum atomic E-state index is -3.36. The van der Waals surface area contributed by atoms with Crippen LogP contribution in [0.3, 0.4) is 0 Å². The van der Waals surface area contributed by atoms with E-state index in [0.29, 0.717) is 29.7 Å². The molecule has 1 aromatic rings. The first kappa shape index (κ1) is 14.3. The lowest BCUT2D eigenvalue weighted by Crippen LogP contribution is -2.30. The van der Waals surface area contributed by atoms with Gasteiger partial charge in [0.2, 0.25) is 10.0 Å². The van der Waals surface area contributed by atoms with Gasteiger partial charge in [0.1, 0.15) is 5.75 Å². The Balaban J connectivity index is 2.13. The van der Waals surface area contributed by atoms with E-state index in [1.54, 1.807) is 35.7 Å². The van der Waals surface area contributed by atoms with E-state index < -0.39 is 10.0 Å². The molecule has 106 valence electrons. The Bertz CT molecular complexity index is 513. The van der Waals surface area contributed by atoms with E-state index in [2.05, 4.69) is 5.32 Å². The third-order valence-electron chi connectivity index (χ3n) is 3.44. The van der Waals surface area contributed by atoms with Crippen molar-refractivity contribution < 1.29 is 13.2 Å². The molecule has 0 spiro atoms. The topological polar surface area (TPSA) is 58.6 Å². The fraction of sp³-hybridized carbons (Fsp3) is 0.538. The predicted molar refractivity (Wildman–Crippen MR) is 73.8 cm³/mol. The third kappa shape index (κ3) is 3.08. The van der Waals surface area contributed by atoms with Crippen molar-refractivity contribution >= 4 is 10.0 Å². The van der Waals surface area contributed by atoms with Gasteiger partial charge in [-0.05, 0) is 50.2 Å². The van der Waals surface area contributed by atoms with Gasteiger partial charge in [0, 0.05) is 13.1 Å². The normalized spacial score (nSPS) is 20.6. The first-order valence-corrected chi connectivity index (χ1v) is 7.80. The number of hydrogen-bond donors (Lipinski definition) is 1. The highest BCUT2D eigenvalue weighted by atomic mass is 32.2. The smallest absolute Gasteiger partial charge is 0.243 e. The maximum atomic E-state index is 12.4. The summed E-state index contributed by atoms with van der Waals surface area (Å²) >= 11 is 0. The summed E-state index contributed by atoms with van der Waals surface area (Å²) in [6, 6.07) is 6.54. The number of hydrogen-bond acceptors (Lipinski definition) is 4. The average molecular weight is 284 g/mol. The Morgan fingerprint density at radius 3 is 2.63 bits per heavy atom. The second-order valence-electron chi connectivity index (χ2n) is 4.75. The van der Waals surface area contributed by atoms with Crippen molar-refractivity contribution in [3.05, 3.63) is 24.3 Å². The van der Waals surface area contributed by atoms with Crippen molar-refractivity contribution in [3.8, 4) is 5.75 Å². The lowest BCUT2D eigenvalue weighted by molar-refractivity contribution is 0.414. The van der Waals surface area contributed by atoms with Gasteiger partial charge in [-0.25, -0.2) is 8.42 Å². The lowest BCUT2D eigenvalue weighted by atomic mass is 10.1. The largest absolute Gasteiger partial charge is 0.497 e. The molecule has 0 aliphatic carbocycles. The van der Waals surface area contributed by atoms with Crippen LogP contribution in [-0.2, 0) is 10.0 Å². The van der Waals surface area contributed by atoms with Crippen LogP contribution >= 0.6 is 0 Å². The molecule has 19 heavy (non-hydrogen) atoms. The Hall–Kier alpha value is -1.11. The van der Waals surface area contributed by atoms with Crippen LogP contribution in [0, 0.1) is 5.92 Å². The number of methoxy groups -OCH3 is 1. The maximum Gasteiger partial charge on any atom is 0.243 e. The molecule has 2 rings (SSSR count). The molecule has 0 unspecified atom stereocenters. The minimum absolute atomic E-state index is 0.332. The summed E-state index contributed by atoms with van der Waals surface area (Å²) in [5, 5.41) is 3.10. The van der Waals surface area contributed by atoms with E-state index in [4.69, 9.17) is 4.74 Å². The van der Waals surface area contributed by atoms with Crippen molar-refractivity contribution in [2.24, 2.45) is 5.92 Å². The molecule has 1 heterocycles. The Morgan fingerprint density at radius 1 is 1.37 bits per heavy atom. The first-order valence-electron chi connectivity index (χ1n) is 6.36. The number of sulfonamides is 1. The van der Waals surface area contributed by atoms with Gasteiger partial charge < -0.3 is 10.1 Å². The molecule has 5 nitrogen and oxygen atoms in total. The summed E-state index contributed by atoms with van der Waals surface area (Å²) in [7, 11) is 0.0864. The number of nitrogens with zero attached hydrogens (tertiary/aromatic N) is 1. The first-order chi connectivity index (χ1) is 9.07. The van der Waals surface area contributed by atoms with E-state index in [1.165, 1.54) is 0 Å². The Labute approximate surface area is 114 Å². The average Bonchev–Trinajstić information content (AvgIpc) is 2.89. The van der Waals surface area contributed by atoms with Gasteiger partial charge in [0.25, 0.3) is 0 Å². The number of nitrogens with one attached hydrogen (secondary N) is 1. The Kier molecular flexibility index (Phi) is 4.44. The number of ether oxygens (including phenoxy) is 1. The maximum absolute atomic E-state index is 12.4. The minimum Gasteiger partial charge on any atom is -0.497 e. The summed E-state index contributed by atoms with van der Waals surface area (Å²) in [5.74, 6) is 1.06. The number of rotatable bonds is 5. The van der Waals surface area contributed by atoms with Gasteiger partial charge in [-0.15, -0.1) is 0 Å². The molecule has 1 aliphatic heterocycles. The Morgan fingerprint density at radius 2 is 2.05 bits per heavy atom. The van der Waals surface area contributed by atoms with Crippen LogP contribution < -0.4 is 10.1 Å². The third-order valence-corrected chi connectivity index (χ3v) is 5.32. The van der Waals surface area contributed by atoms with Gasteiger partial charge in [-0.1, -0.05) is 0 Å². The highest BCUT2D eigenvalue weighted by Crippen LogP contribution is 2.25. The summed E-state index contributed by atoms with van der Waals surface area (Å²) in [6.45, 7) is 2.05. The van der Waals surface area contributed by atoms with Gasteiger partial charge >= 0.3 is 0 Å². The molecule has 0 amide bonds. The second-order valence-corrected chi connectivity index (χ2v) is 6.69. The lowest BCUT2D eigenvalue weighted by Gasteiger charge is -2.16. The second kappa shape index (κ2) is 5.90. The molecular weight excluding hydrogens is 264 g/mol. The van der Waals surface area contributed by atoms with Crippen LogP contribution in [-0.4, -0.2) is 46.5 Å². The standard InChI is InChI=1S/C13H20N2O3S/c1-14-9-11-7-8-15(10-11)19(16,17)13-5-3-12(18-2)4-6-13/h3-6,11,14H,7-10H2,1-2H3/t11-/m0/s1. The predicted octanol–water partition coefficient (Wildman–Crippen LogP) is 0.925. The molecule has 1 N–H and O–H groups in total. The molecule has 0 radical (unpaired) electrons. The van der Waals surface area contributed by atoms with E-state index >= 15 is 0 Å². The monoisotopic (exact) mass is 284 g/mol. The summed E-state index contributed by atoms with van der Waals surface area (Å²) in [5.41, 5.74) is 0. The van der Waals surface area contributed by atoms with Gasteiger partial charge in [-0.2, -0.15) is 4.31 Å². The molecule has 1 aromatic carbocycles. The summed E-state index contributed by atoms with van der Waals surface area (Å²) in [4.78, 5) is 0.332. The van der Waals surface area contributed by atoms with Crippen LogP contribution in [0.1, 0.15) is 6.42 Å². The fourth-order valence-corrected chi connectivity index (χ4v) is 3.90. The highest BCUT2D eigenvalue weighted by molar-refractivity contribution is 7.89. The van der Waals surface area contributed by atoms with E-state index in [-0.39, 0.29) is 0 Å². The molecule has 1 aliphatic rings. The molecule has 0 bridgehead atoms. The van der Waals surface area contributed by atoms with E-state index in [1.807, 2.05) is 7.05 Å². The van der Waals surface area contributed by atoms with E-state index in [0.717, 1.165) is 13.0 Å². The molecule has 0 saturated carbocycles. The van der Waals surface area contributed by atoms with Crippen LogP contribution in [0.15, 0.2) is 29.2 Å². The van der Waals surface area contributed by atoms with Crippen molar-refractivity contribution in [1.82, 2.24) is 9.62 Å². The zero-order chi connectivity index (χ0) is 13.9. The zero-order valence-electron chi connectivity index (χ0n) is 11.3. The molecule has 1 fully saturated rings. The van der Waals surface area contributed by atoms with E-state index in [9.17, 15) is 8.42 Å². The van der Waals surface area contributed by atoms with Crippen LogP contribution in [0.5, 0.6) is 5.75 Å². The number of benzene rings is 1. The highest BCUT2D eigenvalue weighted by Gasteiger charge is 2.32. The fourth-order valence-electron chi connectivity index (χ4n) is 2.37. The van der Waals surface area contributed by atoms with Crippen molar-refractivity contribution in [2.45, 2.75) is 11.3 Å². The summed E-state index contributed by atoms with van der Waals surface area (Å²) in [6.07, 6.45) is 0.913. The van der Waals surface area contributed by atoms with Crippen LogP contribution in [0.2, 0.25) is 0 Å². The van der Waals surface area contributed by atoms with Crippen LogP contribution in [0.25, 0.3) is 0 Å². The molecular formula is C13H20N2O3S.